The van der Waals surface area contributed by atoms with Gasteiger partial charge < -0.3 is 5.11 Å². The first kappa shape index (κ1) is 9.90. The van der Waals surface area contributed by atoms with Gasteiger partial charge in [0.15, 0.2) is 0 Å². The summed E-state index contributed by atoms with van der Waals surface area (Å²) in [5, 5.41) is 9.53. The molecule has 0 aromatic heterocycles. The molecule has 0 aromatic carbocycles. The zero-order chi connectivity index (χ0) is 3.58. The van der Waals surface area contributed by atoms with Crippen molar-refractivity contribution < 1.29 is 63.3 Å². The molecule has 5 heavy (non-hydrogen) atoms. The van der Waals surface area contributed by atoms with Gasteiger partial charge in [0.25, 0.3) is 0 Å². The second-order valence-electron chi connectivity index (χ2n) is 1.05. The summed E-state index contributed by atoms with van der Waals surface area (Å²) in [5.74, 6) is 0. The molecule has 2 heteroatoms. The van der Waals surface area contributed by atoms with Crippen molar-refractivity contribution >= 4 is 0 Å². The van der Waals surface area contributed by atoms with E-state index in [0.29, 0.717) is 0 Å². The maximum absolute atomic E-state index is 9.53. The molecule has 0 aliphatic rings. The molecule has 0 aliphatic heterocycles. The largest absolute Gasteiger partial charge is 1.00 e. The number of hydrogen-bond acceptors (Lipinski definition) is 1. The van der Waals surface area contributed by atoms with E-state index >= 15 is 0 Å². The average molecular weight is 145 g/mol. The van der Waals surface area contributed by atoms with Crippen LogP contribution in [0.2, 0.25) is 0 Å². The van der Waals surface area contributed by atoms with Crippen molar-refractivity contribution in [2.45, 2.75) is 20.0 Å². The van der Waals surface area contributed by atoms with Crippen molar-refractivity contribution in [2.75, 3.05) is 0 Å². The fraction of sp³-hybridized carbons (Fsp3) is 1.00. The molecule has 0 amide bonds. The maximum atomic E-state index is 9.53. The first-order chi connectivity index (χ1) is 1.73. The molecule has 0 saturated carbocycles. The predicted molar refractivity (Wildman–Crippen MR) is 15.1 cm³/mol. The molecule has 0 spiro atoms. The smallest absolute Gasteiger partial charge is 0.852 e. The molecule has 0 atom stereocenters. The molecule has 0 aliphatic carbocycles. The Morgan fingerprint density at radius 2 is 1.40 bits per heavy atom. The van der Waals surface area contributed by atoms with E-state index in [1.807, 2.05) is 0 Å². The molecule has 0 unspecified atom stereocenters. The Bertz CT molecular complexity index is 11.6. The van der Waals surface area contributed by atoms with Crippen LogP contribution in [0.1, 0.15) is 13.8 Å². The molecule has 0 rings (SSSR count). The minimum absolute atomic E-state index is 0. The summed E-state index contributed by atoms with van der Waals surface area (Å²) in [5.41, 5.74) is 0. The Balaban J connectivity index is 0. The van der Waals surface area contributed by atoms with Crippen molar-refractivity contribution in [3.8, 4) is 0 Å². The molecule has 0 fully saturated rings. The Kier molecular flexibility index (Phi) is 11.4. The van der Waals surface area contributed by atoms with Crippen LogP contribution in [0.4, 0.5) is 0 Å². The zero-order valence-electron chi connectivity index (χ0n) is 3.99. The fourth-order valence-electron chi connectivity index (χ4n) is 0. The fourth-order valence-corrected chi connectivity index (χ4v) is 0. The molecular formula is C3H7ORb. The van der Waals surface area contributed by atoms with Gasteiger partial charge in [-0.3, -0.25) is 0 Å². The minimum Gasteiger partial charge on any atom is -0.852 e. The van der Waals surface area contributed by atoms with Gasteiger partial charge in [0, 0.05) is 0 Å². The first-order valence-corrected chi connectivity index (χ1v) is 1.39. The Morgan fingerprint density at radius 3 is 1.40 bits per heavy atom. The van der Waals surface area contributed by atoms with Crippen LogP contribution in [-0.2, 0) is 0 Å². The summed E-state index contributed by atoms with van der Waals surface area (Å²) in [7, 11) is 0. The van der Waals surface area contributed by atoms with Crippen LogP contribution < -0.4 is 63.3 Å². The van der Waals surface area contributed by atoms with Crippen LogP contribution in [0, 0.1) is 0 Å². The average Bonchev–Trinajstić information content (AvgIpc) is 0.811. The molecule has 0 aromatic rings. The predicted octanol–water partition coefficient (Wildman–Crippen LogP) is -3.24. The van der Waals surface area contributed by atoms with Crippen molar-refractivity contribution in [3.05, 3.63) is 0 Å². The summed E-state index contributed by atoms with van der Waals surface area (Å²) >= 11 is 0. The molecule has 0 heterocycles. The van der Waals surface area contributed by atoms with Crippen LogP contribution in [-0.4, -0.2) is 6.10 Å². The van der Waals surface area contributed by atoms with Gasteiger partial charge in [-0.15, -0.1) is 6.10 Å². The third-order valence-corrected chi connectivity index (χ3v) is 0. The van der Waals surface area contributed by atoms with E-state index in [1.165, 1.54) is 0 Å². The van der Waals surface area contributed by atoms with E-state index < -0.39 is 6.10 Å². The summed E-state index contributed by atoms with van der Waals surface area (Å²) in [4.78, 5) is 0. The Labute approximate surface area is 81.6 Å². The van der Waals surface area contributed by atoms with Crippen molar-refractivity contribution in [1.82, 2.24) is 0 Å². The molecule has 0 bridgehead atoms. The Hall–Kier alpha value is 1.77. The van der Waals surface area contributed by atoms with E-state index in [2.05, 4.69) is 0 Å². The molecule has 1 nitrogen and oxygen atoms in total. The molecule has 0 N–H and O–H groups in total. The van der Waals surface area contributed by atoms with Crippen LogP contribution in [0.25, 0.3) is 0 Å². The molecule has 0 radical (unpaired) electrons. The van der Waals surface area contributed by atoms with Crippen LogP contribution in [0.15, 0.2) is 0 Å². The second-order valence-corrected chi connectivity index (χ2v) is 1.05. The Morgan fingerprint density at radius 1 is 1.40 bits per heavy atom. The molecular weight excluding hydrogens is 138 g/mol. The van der Waals surface area contributed by atoms with E-state index in [1.54, 1.807) is 13.8 Å². The van der Waals surface area contributed by atoms with Gasteiger partial charge in [-0.05, 0) is 0 Å². The molecule has 0 saturated heterocycles. The van der Waals surface area contributed by atoms with Crippen molar-refractivity contribution in [3.63, 3.8) is 0 Å². The van der Waals surface area contributed by atoms with E-state index in [9.17, 15) is 5.11 Å². The third-order valence-electron chi connectivity index (χ3n) is 0. The van der Waals surface area contributed by atoms with Crippen LogP contribution in [0.5, 0.6) is 0 Å². The summed E-state index contributed by atoms with van der Waals surface area (Å²) < 4.78 is 0. The van der Waals surface area contributed by atoms with Gasteiger partial charge in [-0.2, -0.15) is 0 Å². The molecule has 26 valence electrons. The van der Waals surface area contributed by atoms with E-state index in [-0.39, 0.29) is 58.2 Å². The maximum Gasteiger partial charge on any atom is 1.00 e. The summed E-state index contributed by atoms with van der Waals surface area (Å²) in [6, 6.07) is 0. The quantitative estimate of drug-likeness (QED) is 0.351. The van der Waals surface area contributed by atoms with Gasteiger partial charge in [0.2, 0.25) is 0 Å². The minimum atomic E-state index is -0.417. The van der Waals surface area contributed by atoms with Gasteiger partial charge in [-0.1, -0.05) is 13.8 Å². The standard InChI is InChI=1S/C3H7O.Rb/c1-3(2)4;/h3H,1-2H3;/q-1;+1. The third kappa shape index (κ3) is 26.2. The summed E-state index contributed by atoms with van der Waals surface area (Å²) in [6.45, 7) is 3.22. The first-order valence-electron chi connectivity index (χ1n) is 1.39. The van der Waals surface area contributed by atoms with Crippen LogP contribution in [0.3, 0.4) is 0 Å². The SMILES string of the molecule is CC(C)[O-].[Rb+]. The monoisotopic (exact) mass is 144 g/mol. The number of hydrogen-bond donors (Lipinski definition) is 0. The van der Waals surface area contributed by atoms with Crippen molar-refractivity contribution in [1.29, 1.82) is 0 Å². The van der Waals surface area contributed by atoms with Gasteiger partial charge in [0.1, 0.15) is 0 Å². The topological polar surface area (TPSA) is 23.1 Å². The van der Waals surface area contributed by atoms with Gasteiger partial charge in [-0.25, -0.2) is 0 Å². The number of rotatable bonds is 0. The van der Waals surface area contributed by atoms with E-state index in [4.69, 9.17) is 0 Å². The normalized spacial score (nSPS) is 7.20. The zero-order valence-corrected chi connectivity index (χ0v) is 8.90. The van der Waals surface area contributed by atoms with Crippen molar-refractivity contribution in [2.24, 2.45) is 0 Å². The summed E-state index contributed by atoms with van der Waals surface area (Å²) in [6.07, 6.45) is -0.417. The van der Waals surface area contributed by atoms with Crippen LogP contribution >= 0.6 is 0 Å². The van der Waals surface area contributed by atoms with Gasteiger partial charge >= 0.3 is 58.2 Å². The second kappa shape index (κ2) is 5.77. The van der Waals surface area contributed by atoms with E-state index in [0.717, 1.165) is 0 Å². The van der Waals surface area contributed by atoms with Gasteiger partial charge in [0.05, 0.1) is 0 Å².